The maximum absolute atomic E-state index is 2.50. The molecule has 3 aromatic heterocycles. The fourth-order valence-electron chi connectivity index (χ4n) is 9.55. The minimum Gasteiger partial charge on any atom is -0.309 e. The zero-order chi connectivity index (χ0) is 37.5. The van der Waals surface area contributed by atoms with Crippen LogP contribution in [-0.2, 0) is 0 Å². The Morgan fingerprint density at radius 3 is 1.32 bits per heavy atom. The van der Waals surface area contributed by atoms with Gasteiger partial charge < -0.3 is 13.7 Å². The molecule has 0 N–H and O–H groups in total. The van der Waals surface area contributed by atoms with Gasteiger partial charge in [-0.1, -0.05) is 152 Å². The van der Waals surface area contributed by atoms with E-state index in [0.717, 1.165) is 17.1 Å². The summed E-state index contributed by atoms with van der Waals surface area (Å²) in [5.41, 5.74) is 15.5. The molecule has 0 unspecified atom stereocenters. The van der Waals surface area contributed by atoms with Crippen LogP contribution in [0.15, 0.2) is 212 Å². The minimum atomic E-state index is 1.15. The molecular weight excluding hydrogens is 691 g/mol. The van der Waals surface area contributed by atoms with Crippen LogP contribution in [-0.4, -0.2) is 13.7 Å². The summed E-state index contributed by atoms with van der Waals surface area (Å²) >= 11 is 0. The van der Waals surface area contributed by atoms with Crippen LogP contribution in [0.5, 0.6) is 0 Å². The number of aromatic nitrogens is 3. The van der Waals surface area contributed by atoms with Crippen LogP contribution >= 0.6 is 0 Å². The Balaban J connectivity index is 1.20. The molecule has 0 aliphatic rings. The standard InChI is InChI=1S/C54H35N3/c1-4-18-36(19-5-1)39-32-33-41(51-42-25-11-16-30-47(42)56(54(39)51)38-22-8-3-9-23-38)40-24-10-14-28-45(40)57-48-31-17-13-27-44(48)53-50(57)35-34-49-52(53)43-26-12-15-29-46(43)55(49)37-20-6-2-7-21-37/h1-35H. The molecule has 3 nitrogen and oxygen atoms in total. The van der Waals surface area contributed by atoms with Crippen molar-refractivity contribution in [3.05, 3.63) is 212 Å². The number of fused-ring (bicyclic) bond motifs is 10. The average Bonchev–Trinajstić information content (AvgIpc) is 3.93. The summed E-state index contributed by atoms with van der Waals surface area (Å²) in [6.45, 7) is 0. The van der Waals surface area contributed by atoms with Gasteiger partial charge in [0, 0.05) is 54.8 Å². The molecular formula is C54H35N3. The highest BCUT2D eigenvalue weighted by Crippen LogP contribution is 2.47. The first-order chi connectivity index (χ1) is 28.3. The quantitative estimate of drug-likeness (QED) is 0.168. The lowest BCUT2D eigenvalue weighted by Crippen LogP contribution is -1.99. The molecule has 0 bridgehead atoms. The molecule has 3 heterocycles. The van der Waals surface area contributed by atoms with E-state index < -0.39 is 0 Å². The fraction of sp³-hybridized carbons (Fsp3) is 0. The molecule has 3 heteroatoms. The van der Waals surface area contributed by atoms with Gasteiger partial charge in [0.2, 0.25) is 0 Å². The lowest BCUT2D eigenvalue weighted by Gasteiger charge is -2.17. The molecule has 0 atom stereocenters. The van der Waals surface area contributed by atoms with Crippen LogP contribution in [0.3, 0.4) is 0 Å². The van der Waals surface area contributed by atoms with Crippen LogP contribution < -0.4 is 0 Å². The van der Waals surface area contributed by atoms with Crippen LogP contribution in [0.4, 0.5) is 0 Å². The predicted octanol–water partition coefficient (Wildman–Crippen LogP) is 14.3. The largest absolute Gasteiger partial charge is 0.309 e. The van der Waals surface area contributed by atoms with Crippen LogP contribution in [0.1, 0.15) is 0 Å². The van der Waals surface area contributed by atoms with Crippen molar-refractivity contribution < 1.29 is 0 Å². The molecule has 0 saturated heterocycles. The third-order valence-corrected chi connectivity index (χ3v) is 11.8. The van der Waals surface area contributed by atoms with Gasteiger partial charge in [0.15, 0.2) is 0 Å². The van der Waals surface area contributed by atoms with Crippen molar-refractivity contribution in [2.75, 3.05) is 0 Å². The van der Waals surface area contributed by atoms with Crippen molar-refractivity contribution in [2.45, 2.75) is 0 Å². The van der Waals surface area contributed by atoms with Crippen molar-refractivity contribution in [2.24, 2.45) is 0 Å². The van der Waals surface area contributed by atoms with Crippen molar-refractivity contribution in [1.82, 2.24) is 13.7 Å². The van der Waals surface area contributed by atoms with E-state index in [1.165, 1.54) is 87.7 Å². The van der Waals surface area contributed by atoms with Crippen LogP contribution in [0.2, 0.25) is 0 Å². The Kier molecular flexibility index (Phi) is 6.93. The van der Waals surface area contributed by atoms with Gasteiger partial charge in [-0.3, -0.25) is 0 Å². The van der Waals surface area contributed by atoms with E-state index in [2.05, 4.69) is 226 Å². The Bertz CT molecular complexity index is 3500. The summed E-state index contributed by atoms with van der Waals surface area (Å²) < 4.78 is 7.37. The summed E-state index contributed by atoms with van der Waals surface area (Å²) in [5, 5.41) is 7.53. The highest BCUT2D eigenvalue weighted by atomic mass is 15.0. The van der Waals surface area contributed by atoms with Crippen molar-refractivity contribution in [1.29, 1.82) is 0 Å². The van der Waals surface area contributed by atoms with Crippen molar-refractivity contribution in [3.63, 3.8) is 0 Å². The summed E-state index contributed by atoms with van der Waals surface area (Å²) in [5.74, 6) is 0. The van der Waals surface area contributed by atoms with E-state index in [1.54, 1.807) is 0 Å². The Morgan fingerprint density at radius 2 is 0.684 bits per heavy atom. The summed E-state index contributed by atoms with van der Waals surface area (Å²) in [6, 6.07) is 77.3. The van der Waals surface area contributed by atoms with E-state index in [9.17, 15) is 0 Å². The first-order valence-electron chi connectivity index (χ1n) is 19.6. The van der Waals surface area contributed by atoms with Gasteiger partial charge in [-0.25, -0.2) is 0 Å². The number of para-hydroxylation sites is 6. The van der Waals surface area contributed by atoms with Crippen molar-refractivity contribution >= 4 is 65.4 Å². The monoisotopic (exact) mass is 725 g/mol. The average molecular weight is 726 g/mol. The lowest BCUT2D eigenvalue weighted by atomic mass is 9.93. The summed E-state index contributed by atoms with van der Waals surface area (Å²) in [4.78, 5) is 0. The van der Waals surface area contributed by atoms with E-state index in [-0.39, 0.29) is 0 Å². The van der Waals surface area contributed by atoms with E-state index >= 15 is 0 Å². The maximum Gasteiger partial charge on any atom is 0.0625 e. The second-order valence-electron chi connectivity index (χ2n) is 14.9. The Hall–Kier alpha value is -7.62. The van der Waals surface area contributed by atoms with E-state index in [1.807, 2.05) is 0 Å². The highest BCUT2D eigenvalue weighted by molar-refractivity contribution is 6.29. The smallest absolute Gasteiger partial charge is 0.0625 e. The number of rotatable bonds is 5. The number of nitrogens with zero attached hydrogens (tertiary/aromatic N) is 3. The van der Waals surface area contributed by atoms with Gasteiger partial charge in [-0.15, -0.1) is 0 Å². The predicted molar refractivity (Wildman–Crippen MR) is 240 cm³/mol. The SMILES string of the molecule is c1ccc(-c2ccc(-c3ccccc3-n3c4ccccc4c4c5c6ccccc6n(-c6ccccc6)c5ccc43)c3c4ccccc4n(-c4ccccc4)c23)cc1. The molecule has 266 valence electrons. The molecule has 12 aromatic rings. The number of hydrogen-bond donors (Lipinski definition) is 0. The molecule has 0 amide bonds. The lowest BCUT2D eigenvalue weighted by molar-refractivity contribution is 1.17. The van der Waals surface area contributed by atoms with Gasteiger partial charge in [0.05, 0.1) is 38.8 Å². The Morgan fingerprint density at radius 1 is 0.246 bits per heavy atom. The molecule has 0 spiro atoms. The number of benzene rings is 9. The summed E-state index contributed by atoms with van der Waals surface area (Å²) in [7, 11) is 0. The first-order valence-corrected chi connectivity index (χ1v) is 19.6. The fourth-order valence-corrected chi connectivity index (χ4v) is 9.55. The zero-order valence-electron chi connectivity index (χ0n) is 31.0. The van der Waals surface area contributed by atoms with E-state index in [4.69, 9.17) is 0 Å². The Labute approximate surface area is 329 Å². The highest BCUT2D eigenvalue weighted by Gasteiger charge is 2.24. The van der Waals surface area contributed by atoms with Crippen LogP contribution in [0.25, 0.3) is 105 Å². The molecule has 0 saturated carbocycles. The van der Waals surface area contributed by atoms with Gasteiger partial charge in [0.1, 0.15) is 0 Å². The summed E-state index contributed by atoms with van der Waals surface area (Å²) in [6.07, 6.45) is 0. The zero-order valence-corrected chi connectivity index (χ0v) is 31.0. The van der Waals surface area contributed by atoms with Gasteiger partial charge in [0.25, 0.3) is 0 Å². The third-order valence-electron chi connectivity index (χ3n) is 11.8. The molecule has 0 fully saturated rings. The molecule has 0 aliphatic heterocycles. The topological polar surface area (TPSA) is 14.8 Å². The molecule has 0 radical (unpaired) electrons. The van der Waals surface area contributed by atoms with Crippen molar-refractivity contribution in [3.8, 4) is 39.3 Å². The maximum atomic E-state index is 2.50. The first kappa shape index (κ1) is 31.7. The second kappa shape index (κ2) is 12.5. The van der Waals surface area contributed by atoms with E-state index in [0.29, 0.717) is 0 Å². The molecule has 9 aromatic carbocycles. The number of hydrogen-bond acceptors (Lipinski definition) is 0. The third kappa shape index (κ3) is 4.60. The molecule has 57 heavy (non-hydrogen) atoms. The van der Waals surface area contributed by atoms with Gasteiger partial charge >= 0.3 is 0 Å². The van der Waals surface area contributed by atoms with Crippen LogP contribution in [0, 0.1) is 0 Å². The second-order valence-corrected chi connectivity index (χ2v) is 14.9. The minimum absolute atomic E-state index is 1.15. The normalized spacial score (nSPS) is 11.9. The molecule has 0 aliphatic carbocycles. The van der Waals surface area contributed by atoms with Gasteiger partial charge in [-0.2, -0.15) is 0 Å². The van der Waals surface area contributed by atoms with Gasteiger partial charge in [-0.05, 0) is 71.8 Å². The molecule has 12 rings (SSSR count).